The smallest absolute Gasteiger partial charge is 0.277 e. The van der Waals surface area contributed by atoms with Crippen LogP contribution in [0.5, 0.6) is 0 Å². The number of hydrogen-bond donors (Lipinski definition) is 0. The van der Waals surface area contributed by atoms with Crippen LogP contribution in [0.1, 0.15) is 5.69 Å². The predicted octanol–water partition coefficient (Wildman–Crippen LogP) is 5.34. The summed E-state index contributed by atoms with van der Waals surface area (Å²) in [6, 6.07) is 19.1. The Morgan fingerprint density at radius 3 is 2.60 bits per heavy atom. The lowest BCUT2D eigenvalue weighted by molar-refractivity contribution is 0.426. The summed E-state index contributed by atoms with van der Waals surface area (Å²) < 4.78 is 11.0. The van der Waals surface area contributed by atoms with Gasteiger partial charge in [0, 0.05) is 28.0 Å². The van der Waals surface area contributed by atoms with Gasteiger partial charge in [-0.05, 0) is 18.2 Å². The molecule has 2 aromatic heterocycles. The fourth-order valence-electron chi connectivity index (χ4n) is 2.26. The molecule has 2 heterocycles. The van der Waals surface area contributed by atoms with Crippen LogP contribution in [0, 0.1) is 0 Å². The largest absolute Gasteiger partial charge is 0.411 e. The molecule has 0 bridgehead atoms. The second kappa shape index (κ2) is 7.13. The van der Waals surface area contributed by atoms with E-state index in [2.05, 4.69) is 15.4 Å². The topological polar surface area (TPSA) is 65.0 Å². The Kier molecular flexibility index (Phi) is 4.54. The highest BCUT2D eigenvalue weighted by Gasteiger charge is 2.12. The van der Waals surface area contributed by atoms with Crippen molar-refractivity contribution in [1.82, 2.24) is 15.4 Å². The monoisotopic (exact) mass is 369 g/mol. The number of aromatic nitrogens is 3. The number of thioether (sulfide) groups is 1. The SMILES string of the molecule is Clc1cccc(-c2nnc(SCc3cc(-c4ccccc4)on3)o2)c1. The lowest BCUT2D eigenvalue weighted by Crippen LogP contribution is -1.79. The fraction of sp³-hybridized carbons (Fsp3) is 0.0556. The molecular formula is C18H12ClN3O2S. The normalized spacial score (nSPS) is 10.9. The molecule has 0 unspecified atom stereocenters. The van der Waals surface area contributed by atoms with Gasteiger partial charge in [0.1, 0.15) is 0 Å². The van der Waals surface area contributed by atoms with Gasteiger partial charge in [0.05, 0.1) is 5.69 Å². The molecule has 0 N–H and O–H groups in total. The number of halogens is 1. The van der Waals surface area contributed by atoms with Gasteiger partial charge in [0.15, 0.2) is 5.76 Å². The van der Waals surface area contributed by atoms with Crippen LogP contribution in [0.4, 0.5) is 0 Å². The Labute approximate surface area is 153 Å². The number of nitrogens with zero attached hydrogens (tertiary/aromatic N) is 3. The van der Waals surface area contributed by atoms with Crippen LogP contribution in [0.25, 0.3) is 22.8 Å². The first-order valence-corrected chi connectivity index (χ1v) is 8.87. The summed E-state index contributed by atoms with van der Waals surface area (Å²) in [7, 11) is 0. The zero-order valence-electron chi connectivity index (χ0n) is 12.9. The van der Waals surface area contributed by atoms with E-state index in [-0.39, 0.29) is 0 Å². The fourth-order valence-corrected chi connectivity index (χ4v) is 3.09. The van der Waals surface area contributed by atoms with Gasteiger partial charge in [0.2, 0.25) is 5.89 Å². The van der Waals surface area contributed by atoms with Crippen molar-refractivity contribution >= 4 is 23.4 Å². The molecule has 0 aliphatic rings. The molecular weight excluding hydrogens is 358 g/mol. The van der Waals surface area contributed by atoms with Crippen molar-refractivity contribution in [3.05, 3.63) is 71.4 Å². The summed E-state index contributed by atoms with van der Waals surface area (Å²) in [4.78, 5) is 0. The Hall–Kier alpha value is -2.57. The van der Waals surface area contributed by atoms with E-state index in [1.807, 2.05) is 48.5 Å². The minimum atomic E-state index is 0.440. The van der Waals surface area contributed by atoms with Gasteiger partial charge < -0.3 is 8.94 Å². The summed E-state index contributed by atoms with van der Waals surface area (Å²) in [6.45, 7) is 0. The van der Waals surface area contributed by atoms with Crippen LogP contribution in [0.15, 0.2) is 74.8 Å². The van der Waals surface area contributed by atoms with Crippen LogP contribution in [-0.4, -0.2) is 15.4 Å². The summed E-state index contributed by atoms with van der Waals surface area (Å²) in [6.07, 6.45) is 0. The second-order valence-electron chi connectivity index (χ2n) is 5.22. The number of rotatable bonds is 5. The van der Waals surface area contributed by atoms with Crippen LogP contribution in [-0.2, 0) is 5.75 Å². The third-order valence-electron chi connectivity index (χ3n) is 3.44. The lowest BCUT2D eigenvalue weighted by atomic mass is 10.2. The lowest BCUT2D eigenvalue weighted by Gasteiger charge is -1.94. The van der Waals surface area contributed by atoms with Gasteiger partial charge in [-0.2, -0.15) is 0 Å². The molecule has 5 nitrogen and oxygen atoms in total. The summed E-state index contributed by atoms with van der Waals surface area (Å²) in [5, 5.41) is 13.3. The molecule has 0 spiro atoms. The molecule has 7 heteroatoms. The molecule has 0 aliphatic heterocycles. The average molecular weight is 370 g/mol. The van der Waals surface area contributed by atoms with Crippen molar-refractivity contribution in [1.29, 1.82) is 0 Å². The van der Waals surface area contributed by atoms with Crippen LogP contribution >= 0.6 is 23.4 Å². The quantitative estimate of drug-likeness (QED) is 0.442. The first-order valence-electron chi connectivity index (χ1n) is 7.51. The van der Waals surface area contributed by atoms with E-state index < -0.39 is 0 Å². The van der Waals surface area contributed by atoms with E-state index in [4.69, 9.17) is 20.5 Å². The number of benzene rings is 2. The number of hydrogen-bond acceptors (Lipinski definition) is 6. The maximum Gasteiger partial charge on any atom is 0.277 e. The van der Waals surface area contributed by atoms with Crippen molar-refractivity contribution in [3.63, 3.8) is 0 Å². The van der Waals surface area contributed by atoms with Gasteiger partial charge >= 0.3 is 0 Å². The highest BCUT2D eigenvalue weighted by atomic mass is 35.5. The molecule has 0 amide bonds. The molecule has 124 valence electrons. The molecule has 4 rings (SSSR count). The first kappa shape index (κ1) is 15.9. The molecule has 2 aromatic carbocycles. The third-order valence-corrected chi connectivity index (χ3v) is 4.53. The van der Waals surface area contributed by atoms with E-state index in [1.54, 1.807) is 12.1 Å². The van der Waals surface area contributed by atoms with Crippen LogP contribution in [0.2, 0.25) is 5.02 Å². The minimum absolute atomic E-state index is 0.440. The maximum atomic E-state index is 5.98. The van der Waals surface area contributed by atoms with Gasteiger partial charge in [-0.15, -0.1) is 10.2 Å². The predicted molar refractivity (Wildman–Crippen MR) is 96.2 cm³/mol. The molecule has 25 heavy (non-hydrogen) atoms. The highest BCUT2D eigenvalue weighted by Crippen LogP contribution is 2.28. The summed E-state index contributed by atoms with van der Waals surface area (Å²) >= 11 is 7.39. The van der Waals surface area contributed by atoms with E-state index >= 15 is 0 Å². The Balaban J connectivity index is 1.43. The first-order chi connectivity index (χ1) is 12.3. The zero-order chi connectivity index (χ0) is 17.1. The standard InChI is InChI=1S/C18H12ClN3O2S/c19-14-8-4-7-13(9-14)17-20-21-18(23-17)25-11-15-10-16(24-22-15)12-5-2-1-3-6-12/h1-10H,11H2. The average Bonchev–Trinajstić information content (AvgIpc) is 3.30. The molecule has 0 atom stereocenters. The Bertz CT molecular complexity index is 985. The zero-order valence-corrected chi connectivity index (χ0v) is 14.5. The molecule has 4 aromatic rings. The van der Waals surface area contributed by atoms with Crippen molar-refractivity contribution in [2.24, 2.45) is 0 Å². The van der Waals surface area contributed by atoms with Crippen molar-refractivity contribution in [3.8, 4) is 22.8 Å². The molecule has 0 saturated heterocycles. The Morgan fingerprint density at radius 1 is 0.920 bits per heavy atom. The highest BCUT2D eigenvalue weighted by molar-refractivity contribution is 7.98. The van der Waals surface area contributed by atoms with E-state index in [0.717, 1.165) is 22.6 Å². The molecule has 0 fully saturated rings. The van der Waals surface area contributed by atoms with E-state index in [0.29, 0.717) is 21.9 Å². The summed E-state index contributed by atoms with van der Waals surface area (Å²) in [5.74, 6) is 1.75. The van der Waals surface area contributed by atoms with E-state index in [9.17, 15) is 0 Å². The van der Waals surface area contributed by atoms with Crippen molar-refractivity contribution in [2.45, 2.75) is 11.0 Å². The van der Waals surface area contributed by atoms with E-state index in [1.165, 1.54) is 11.8 Å². The van der Waals surface area contributed by atoms with Gasteiger partial charge in [0.25, 0.3) is 5.22 Å². The summed E-state index contributed by atoms with van der Waals surface area (Å²) in [5.41, 5.74) is 2.60. The van der Waals surface area contributed by atoms with Gasteiger partial charge in [-0.3, -0.25) is 0 Å². The molecule has 0 radical (unpaired) electrons. The minimum Gasteiger partial charge on any atom is -0.411 e. The molecule has 0 saturated carbocycles. The van der Waals surface area contributed by atoms with Gasteiger partial charge in [-0.1, -0.05) is 64.9 Å². The molecule has 0 aliphatic carbocycles. The van der Waals surface area contributed by atoms with Crippen LogP contribution < -0.4 is 0 Å². The van der Waals surface area contributed by atoms with Crippen LogP contribution in [0.3, 0.4) is 0 Å². The third kappa shape index (κ3) is 3.75. The Morgan fingerprint density at radius 2 is 1.76 bits per heavy atom. The van der Waals surface area contributed by atoms with Crippen molar-refractivity contribution < 1.29 is 8.94 Å². The second-order valence-corrected chi connectivity index (χ2v) is 6.58. The van der Waals surface area contributed by atoms with Gasteiger partial charge in [-0.25, -0.2) is 0 Å². The maximum absolute atomic E-state index is 5.98. The van der Waals surface area contributed by atoms with Crippen molar-refractivity contribution in [2.75, 3.05) is 0 Å².